The first-order valence-corrected chi connectivity index (χ1v) is 8.64. The fourth-order valence-electron chi connectivity index (χ4n) is 3.20. The Labute approximate surface area is 147 Å². The van der Waals surface area contributed by atoms with E-state index >= 15 is 0 Å². The highest BCUT2D eigenvalue weighted by Crippen LogP contribution is 2.21. The maximum atomic E-state index is 11.7. The number of anilines is 3. The standard InChI is InChI=1S/C18H22N6O/c1-23-8-10-24(11-9-23)14-4-2-13(3-5-14)21-18-20-12-15-16(22-18)6-7-19-17(15)25/h2-5,12H,6-11H2,1H3,(H,19,25)(H,20,21,22). The molecule has 1 aromatic heterocycles. The molecular formula is C18H22N6O. The molecule has 2 aliphatic rings. The zero-order valence-electron chi connectivity index (χ0n) is 14.3. The van der Waals surface area contributed by atoms with Gasteiger partial charge in [0.1, 0.15) is 0 Å². The van der Waals surface area contributed by atoms with Crippen LogP contribution in [0.3, 0.4) is 0 Å². The first-order valence-electron chi connectivity index (χ1n) is 8.64. The van der Waals surface area contributed by atoms with E-state index in [-0.39, 0.29) is 5.91 Å². The lowest BCUT2D eigenvalue weighted by molar-refractivity contribution is 0.0944. The van der Waals surface area contributed by atoms with E-state index in [0.29, 0.717) is 18.1 Å². The van der Waals surface area contributed by atoms with Gasteiger partial charge in [0.15, 0.2) is 0 Å². The molecule has 1 aromatic carbocycles. The Morgan fingerprint density at radius 1 is 1.12 bits per heavy atom. The van der Waals surface area contributed by atoms with E-state index in [9.17, 15) is 4.79 Å². The molecule has 25 heavy (non-hydrogen) atoms. The van der Waals surface area contributed by atoms with Crippen molar-refractivity contribution in [2.75, 3.05) is 50.0 Å². The molecule has 1 saturated heterocycles. The van der Waals surface area contributed by atoms with Crippen LogP contribution in [-0.2, 0) is 6.42 Å². The van der Waals surface area contributed by atoms with Crippen molar-refractivity contribution in [1.82, 2.24) is 20.2 Å². The van der Waals surface area contributed by atoms with Gasteiger partial charge in [-0.25, -0.2) is 9.97 Å². The Hall–Kier alpha value is -2.67. The summed E-state index contributed by atoms with van der Waals surface area (Å²) in [7, 11) is 2.16. The van der Waals surface area contributed by atoms with Crippen molar-refractivity contribution in [3.05, 3.63) is 41.7 Å². The van der Waals surface area contributed by atoms with Crippen LogP contribution < -0.4 is 15.5 Å². The van der Waals surface area contributed by atoms with Crippen LogP contribution in [0.15, 0.2) is 30.5 Å². The zero-order valence-corrected chi connectivity index (χ0v) is 14.3. The number of fused-ring (bicyclic) bond motifs is 1. The van der Waals surface area contributed by atoms with Gasteiger partial charge in [0.2, 0.25) is 5.95 Å². The van der Waals surface area contributed by atoms with Gasteiger partial charge in [0, 0.05) is 56.7 Å². The summed E-state index contributed by atoms with van der Waals surface area (Å²) >= 11 is 0. The van der Waals surface area contributed by atoms with E-state index in [1.165, 1.54) is 5.69 Å². The summed E-state index contributed by atoms with van der Waals surface area (Å²) in [6.07, 6.45) is 2.33. The molecule has 0 radical (unpaired) electrons. The number of carbonyl (C=O) groups excluding carboxylic acids is 1. The third-order valence-electron chi connectivity index (χ3n) is 4.75. The van der Waals surface area contributed by atoms with E-state index in [1.807, 2.05) is 12.1 Å². The number of carbonyl (C=O) groups is 1. The lowest BCUT2D eigenvalue weighted by atomic mass is 10.1. The molecule has 2 aromatic rings. The second kappa shape index (κ2) is 6.68. The monoisotopic (exact) mass is 338 g/mol. The number of amides is 1. The molecule has 1 fully saturated rings. The largest absolute Gasteiger partial charge is 0.369 e. The molecule has 0 unspecified atom stereocenters. The maximum absolute atomic E-state index is 11.7. The van der Waals surface area contributed by atoms with Crippen molar-refractivity contribution in [2.45, 2.75) is 6.42 Å². The number of nitrogens with zero attached hydrogens (tertiary/aromatic N) is 4. The van der Waals surface area contributed by atoms with Crippen LogP contribution in [0.25, 0.3) is 0 Å². The Balaban J connectivity index is 1.45. The van der Waals surface area contributed by atoms with Crippen molar-refractivity contribution in [3.8, 4) is 0 Å². The highest BCUT2D eigenvalue weighted by molar-refractivity contribution is 5.96. The molecule has 7 heteroatoms. The first kappa shape index (κ1) is 15.8. The Kier molecular flexibility index (Phi) is 4.23. The molecule has 0 atom stereocenters. The van der Waals surface area contributed by atoms with Crippen LogP contribution in [0.1, 0.15) is 16.1 Å². The molecule has 0 saturated carbocycles. The minimum absolute atomic E-state index is 0.0932. The van der Waals surface area contributed by atoms with Crippen LogP contribution in [0, 0.1) is 0 Å². The SMILES string of the molecule is CN1CCN(c2ccc(Nc3ncc4c(n3)CCNC4=O)cc2)CC1. The predicted molar refractivity (Wildman–Crippen MR) is 97.5 cm³/mol. The normalized spacial score (nSPS) is 17.8. The molecule has 7 nitrogen and oxygen atoms in total. The van der Waals surface area contributed by atoms with E-state index in [4.69, 9.17) is 0 Å². The molecule has 3 heterocycles. The lowest BCUT2D eigenvalue weighted by Gasteiger charge is -2.34. The van der Waals surface area contributed by atoms with Crippen molar-refractivity contribution in [3.63, 3.8) is 0 Å². The number of aromatic nitrogens is 2. The minimum Gasteiger partial charge on any atom is -0.369 e. The van der Waals surface area contributed by atoms with Gasteiger partial charge in [0.05, 0.1) is 11.3 Å². The molecule has 1 amide bonds. The van der Waals surface area contributed by atoms with Gasteiger partial charge in [-0.05, 0) is 31.3 Å². The fourth-order valence-corrected chi connectivity index (χ4v) is 3.20. The smallest absolute Gasteiger partial charge is 0.254 e. The van der Waals surface area contributed by atoms with E-state index in [2.05, 4.69) is 49.6 Å². The summed E-state index contributed by atoms with van der Waals surface area (Å²) in [5.74, 6) is 0.435. The van der Waals surface area contributed by atoms with Gasteiger partial charge in [-0.2, -0.15) is 0 Å². The number of rotatable bonds is 3. The second-order valence-corrected chi connectivity index (χ2v) is 6.52. The van der Waals surface area contributed by atoms with Gasteiger partial charge in [-0.3, -0.25) is 4.79 Å². The van der Waals surface area contributed by atoms with Crippen molar-refractivity contribution < 1.29 is 4.79 Å². The summed E-state index contributed by atoms with van der Waals surface area (Å²) in [4.78, 5) is 25.2. The topological polar surface area (TPSA) is 73.4 Å². The quantitative estimate of drug-likeness (QED) is 0.878. The van der Waals surface area contributed by atoms with Gasteiger partial charge < -0.3 is 20.4 Å². The van der Waals surface area contributed by atoms with E-state index in [1.54, 1.807) is 6.20 Å². The van der Waals surface area contributed by atoms with Crippen LogP contribution >= 0.6 is 0 Å². The minimum atomic E-state index is -0.0932. The highest BCUT2D eigenvalue weighted by atomic mass is 16.1. The predicted octanol–water partition coefficient (Wildman–Crippen LogP) is 1.26. The summed E-state index contributed by atoms with van der Waals surface area (Å²) in [5.41, 5.74) is 3.55. The van der Waals surface area contributed by atoms with E-state index in [0.717, 1.165) is 44.0 Å². The lowest BCUT2D eigenvalue weighted by Crippen LogP contribution is -2.44. The highest BCUT2D eigenvalue weighted by Gasteiger charge is 2.19. The maximum Gasteiger partial charge on any atom is 0.254 e. The van der Waals surface area contributed by atoms with Crippen LogP contribution in [0.4, 0.5) is 17.3 Å². The van der Waals surface area contributed by atoms with Crippen LogP contribution in [0.2, 0.25) is 0 Å². The molecular weight excluding hydrogens is 316 g/mol. The third-order valence-corrected chi connectivity index (χ3v) is 4.75. The van der Waals surface area contributed by atoms with Gasteiger partial charge in [-0.15, -0.1) is 0 Å². The van der Waals surface area contributed by atoms with Crippen molar-refractivity contribution in [1.29, 1.82) is 0 Å². The average Bonchev–Trinajstić information content (AvgIpc) is 2.63. The Morgan fingerprint density at radius 3 is 2.64 bits per heavy atom. The molecule has 0 bridgehead atoms. The number of hydrogen-bond acceptors (Lipinski definition) is 6. The number of likely N-dealkylation sites (N-methyl/N-ethyl adjacent to an activating group) is 1. The molecule has 0 aliphatic carbocycles. The summed E-state index contributed by atoms with van der Waals surface area (Å²) in [6.45, 7) is 4.92. The average molecular weight is 338 g/mol. The Bertz CT molecular complexity index is 768. The molecule has 2 N–H and O–H groups in total. The molecule has 130 valence electrons. The number of benzene rings is 1. The molecule has 0 spiro atoms. The van der Waals surface area contributed by atoms with Crippen LogP contribution in [-0.4, -0.2) is 60.5 Å². The third kappa shape index (κ3) is 3.41. The number of nitrogens with one attached hydrogen (secondary N) is 2. The first-order chi connectivity index (χ1) is 12.2. The number of hydrogen-bond donors (Lipinski definition) is 2. The summed E-state index contributed by atoms with van der Waals surface area (Å²) in [6, 6.07) is 8.34. The van der Waals surface area contributed by atoms with Crippen LogP contribution in [0.5, 0.6) is 0 Å². The summed E-state index contributed by atoms with van der Waals surface area (Å²) < 4.78 is 0. The fraction of sp³-hybridized carbons (Fsp3) is 0.389. The molecule has 4 rings (SSSR count). The van der Waals surface area contributed by atoms with Gasteiger partial charge >= 0.3 is 0 Å². The summed E-state index contributed by atoms with van der Waals surface area (Å²) in [5, 5.41) is 6.03. The molecule has 2 aliphatic heterocycles. The van der Waals surface area contributed by atoms with E-state index < -0.39 is 0 Å². The Morgan fingerprint density at radius 2 is 1.88 bits per heavy atom. The zero-order chi connectivity index (χ0) is 17.2. The second-order valence-electron chi connectivity index (χ2n) is 6.52. The van der Waals surface area contributed by atoms with Crippen molar-refractivity contribution in [2.24, 2.45) is 0 Å². The van der Waals surface area contributed by atoms with Gasteiger partial charge in [0.25, 0.3) is 5.91 Å². The van der Waals surface area contributed by atoms with Crippen molar-refractivity contribution >= 4 is 23.2 Å². The number of piperazine rings is 1. The van der Waals surface area contributed by atoms with Gasteiger partial charge in [-0.1, -0.05) is 0 Å².